The first kappa shape index (κ1) is 15.3. The van der Waals surface area contributed by atoms with Crippen LogP contribution in [0.2, 0.25) is 0 Å². The molecule has 1 saturated carbocycles. The van der Waals surface area contributed by atoms with Crippen molar-refractivity contribution in [3.05, 3.63) is 0 Å². The van der Waals surface area contributed by atoms with E-state index in [1.807, 2.05) is 7.05 Å². The number of hydrogen-bond donors (Lipinski definition) is 0. The summed E-state index contributed by atoms with van der Waals surface area (Å²) in [5.41, 5.74) is 0.379. The molecular formula is C16H27N2O2P. The van der Waals surface area contributed by atoms with Crippen LogP contribution >= 0.6 is 8.73 Å². The number of nitrogens with zero attached hydrogens (tertiary/aromatic N) is 2. The van der Waals surface area contributed by atoms with E-state index >= 15 is 0 Å². The van der Waals surface area contributed by atoms with Crippen LogP contribution in [0, 0.1) is 5.41 Å². The van der Waals surface area contributed by atoms with E-state index < -0.39 is 0 Å². The Morgan fingerprint density at radius 1 is 1.05 bits per heavy atom. The molecule has 2 unspecified atom stereocenters. The lowest BCUT2D eigenvalue weighted by Gasteiger charge is -2.41. The van der Waals surface area contributed by atoms with Crippen molar-refractivity contribution in [1.82, 2.24) is 9.57 Å². The molecule has 0 aromatic rings. The summed E-state index contributed by atoms with van der Waals surface area (Å²) in [6, 6.07) is 0. The molecule has 2 amide bonds. The molecule has 0 N–H and O–H groups in total. The van der Waals surface area contributed by atoms with E-state index in [4.69, 9.17) is 0 Å². The van der Waals surface area contributed by atoms with Crippen LogP contribution < -0.4 is 0 Å². The van der Waals surface area contributed by atoms with Crippen molar-refractivity contribution in [3.8, 4) is 0 Å². The highest BCUT2D eigenvalue weighted by Gasteiger charge is 2.46. The molecule has 118 valence electrons. The summed E-state index contributed by atoms with van der Waals surface area (Å²) in [5.74, 6) is 0.458. The predicted molar refractivity (Wildman–Crippen MR) is 85.4 cm³/mol. The zero-order valence-electron chi connectivity index (χ0n) is 13.1. The van der Waals surface area contributed by atoms with Crippen molar-refractivity contribution in [1.29, 1.82) is 0 Å². The Hall–Kier alpha value is -0.630. The number of carbonyl (C=O) groups is 2. The van der Waals surface area contributed by atoms with E-state index in [1.54, 1.807) is 4.90 Å². The fourth-order valence-electron chi connectivity index (χ4n) is 3.55. The highest BCUT2D eigenvalue weighted by Crippen LogP contribution is 2.47. The van der Waals surface area contributed by atoms with Crippen molar-refractivity contribution < 1.29 is 9.59 Å². The molecule has 2 atom stereocenters. The lowest BCUT2D eigenvalue weighted by Crippen LogP contribution is -2.49. The predicted octanol–water partition coefficient (Wildman–Crippen LogP) is 2.77. The van der Waals surface area contributed by atoms with Crippen LogP contribution in [-0.4, -0.2) is 47.2 Å². The average molecular weight is 310 g/mol. The van der Waals surface area contributed by atoms with E-state index in [0.717, 1.165) is 44.4 Å². The highest BCUT2D eigenvalue weighted by atomic mass is 31.1. The van der Waals surface area contributed by atoms with Gasteiger partial charge in [0, 0.05) is 26.6 Å². The summed E-state index contributed by atoms with van der Waals surface area (Å²) >= 11 is 0. The summed E-state index contributed by atoms with van der Waals surface area (Å²) in [6.45, 7) is 1.66. The van der Waals surface area contributed by atoms with E-state index in [-0.39, 0.29) is 11.3 Å². The number of likely N-dealkylation sites (tertiary alicyclic amines) is 1. The molecule has 4 nitrogen and oxygen atoms in total. The highest BCUT2D eigenvalue weighted by molar-refractivity contribution is 7.37. The number of carbonyl (C=O) groups excluding carboxylic acids is 2. The van der Waals surface area contributed by atoms with Crippen molar-refractivity contribution >= 4 is 20.5 Å². The van der Waals surface area contributed by atoms with E-state index in [9.17, 15) is 9.59 Å². The zero-order chi connectivity index (χ0) is 14.9. The van der Waals surface area contributed by atoms with Crippen molar-refractivity contribution in [2.45, 2.75) is 63.4 Å². The SMILES string of the molecule is CN1CCC2(CCCCCCN(PC3CC3)C2=O)CC1=O. The van der Waals surface area contributed by atoms with Gasteiger partial charge < -0.3 is 9.57 Å². The number of rotatable bonds is 2. The van der Waals surface area contributed by atoms with Crippen molar-refractivity contribution in [2.75, 3.05) is 20.1 Å². The molecule has 2 saturated heterocycles. The van der Waals surface area contributed by atoms with E-state index in [0.29, 0.717) is 21.1 Å². The van der Waals surface area contributed by atoms with Gasteiger partial charge in [-0.2, -0.15) is 0 Å². The fraction of sp³-hybridized carbons (Fsp3) is 0.875. The third kappa shape index (κ3) is 3.41. The lowest BCUT2D eigenvalue weighted by molar-refractivity contribution is -0.149. The first-order valence-corrected chi connectivity index (χ1v) is 9.45. The Labute approximate surface area is 129 Å². The summed E-state index contributed by atoms with van der Waals surface area (Å²) in [4.78, 5) is 27.2. The molecule has 1 spiro atoms. The fourth-order valence-corrected chi connectivity index (χ4v) is 5.06. The smallest absolute Gasteiger partial charge is 0.232 e. The second kappa shape index (κ2) is 6.24. The van der Waals surface area contributed by atoms with Crippen LogP contribution in [0.1, 0.15) is 57.8 Å². The topological polar surface area (TPSA) is 40.6 Å². The minimum Gasteiger partial charge on any atom is -0.346 e. The largest absolute Gasteiger partial charge is 0.346 e. The molecule has 2 heterocycles. The maximum Gasteiger partial charge on any atom is 0.232 e. The van der Waals surface area contributed by atoms with Gasteiger partial charge in [0.25, 0.3) is 0 Å². The second-order valence-electron chi connectivity index (χ2n) is 7.05. The Morgan fingerprint density at radius 2 is 1.81 bits per heavy atom. The van der Waals surface area contributed by atoms with Gasteiger partial charge in [-0.15, -0.1) is 0 Å². The monoisotopic (exact) mass is 310 g/mol. The lowest BCUT2D eigenvalue weighted by atomic mass is 9.73. The van der Waals surface area contributed by atoms with Crippen LogP contribution in [0.15, 0.2) is 0 Å². The molecule has 0 bridgehead atoms. The Morgan fingerprint density at radius 3 is 2.52 bits per heavy atom. The van der Waals surface area contributed by atoms with Gasteiger partial charge in [-0.1, -0.05) is 19.3 Å². The van der Waals surface area contributed by atoms with Crippen LogP contribution in [0.5, 0.6) is 0 Å². The molecule has 5 heteroatoms. The molecule has 1 aliphatic carbocycles. The summed E-state index contributed by atoms with van der Waals surface area (Å²) in [5, 5.41) is 0. The first-order chi connectivity index (χ1) is 10.1. The molecule has 0 aromatic carbocycles. The van der Waals surface area contributed by atoms with Gasteiger partial charge in [-0.3, -0.25) is 9.59 Å². The van der Waals surface area contributed by atoms with Crippen molar-refractivity contribution in [3.63, 3.8) is 0 Å². The zero-order valence-corrected chi connectivity index (χ0v) is 14.1. The summed E-state index contributed by atoms with van der Waals surface area (Å²) in [6.07, 6.45) is 9.46. The van der Waals surface area contributed by atoms with Gasteiger partial charge in [0.15, 0.2) is 0 Å². The molecule has 3 fully saturated rings. The number of piperidine rings is 1. The molecular weight excluding hydrogens is 283 g/mol. The molecule has 3 rings (SSSR count). The third-order valence-electron chi connectivity index (χ3n) is 5.24. The van der Waals surface area contributed by atoms with Gasteiger partial charge in [-0.05, 0) is 46.5 Å². The normalized spacial score (nSPS) is 32.6. The molecule has 0 aromatic heterocycles. The standard InChI is InChI=1S/C16H27N2O2P/c1-17-11-9-16(12-14(17)19)8-4-2-3-5-10-18(15(16)20)21-13-6-7-13/h13,21H,2-12H2,1H3. The third-order valence-corrected chi connectivity index (χ3v) is 6.92. The second-order valence-corrected chi connectivity index (χ2v) is 8.66. The minimum atomic E-state index is -0.379. The quantitative estimate of drug-likeness (QED) is 0.736. The van der Waals surface area contributed by atoms with Gasteiger partial charge in [0.1, 0.15) is 0 Å². The number of hydrogen-bond acceptors (Lipinski definition) is 2. The molecule has 3 aliphatic rings. The van der Waals surface area contributed by atoms with E-state index in [2.05, 4.69) is 4.67 Å². The van der Waals surface area contributed by atoms with E-state index in [1.165, 1.54) is 25.7 Å². The minimum absolute atomic E-state index is 0.156. The Bertz CT molecular complexity index is 425. The molecule has 2 aliphatic heterocycles. The van der Waals surface area contributed by atoms with Crippen LogP contribution in [0.3, 0.4) is 0 Å². The number of amides is 2. The van der Waals surface area contributed by atoms with Crippen LogP contribution in [-0.2, 0) is 9.59 Å². The van der Waals surface area contributed by atoms with Gasteiger partial charge >= 0.3 is 0 Å². The van der Waals surface area contributed by atoms with Gasteiger partial charge in [0.05, 0.1) is 5.41 Å². The molecule has 0 radical (unpaired) electrons. The summed E-state index contributed by atoms with van der Waals surface area (Å²) < 4.78 is 2.14. The maximum atomic E-state index is 13.2. The van der Waals surface area contributed by atoms with Crippen LogP contribution in [0.25, 0.3) is 0 Å². The maximum absolute atomic E-state index is 13.2. The average Bonchev–Trinajstić information content (AvgIpc) is 3.27. The van der Waals surface area contributed by atoms with Gasteiger partial charge in [-0.25, -0.2) is 0 Å². The summed E-state index contributed by atoms with van der Waals surface area (Å²) in [7, 11) is 2.52. The Kier molecular flexibility index (Phi) is 4.54. The van der Waals surface area contributed by atoms with Gasteiger partial charge in [0.2, 0.25) is 11.8 Å². The van der Waals surface area contributed by atoms with Crippen LogP contribution in [0.4, 0.5) is 0 Å². The Balaban J connectivity index is 1.79. The molecule has 21 heavy (non-hydrogen) atoms. The first-order valence-electron chi connectivity index (χ1n) is 8.43. The van der Waals surface area contributed by atoms with Crippen molar-refractivity contribution in [2.24, 2.45) is 5.41 Å².